The standard InChI is InChI=1S/C17H34N2.C9H11NO2/c1-4-5-6-7-8-9-10-11-12-13-14-19-16-15-18(3)17(19)2;10-8(9(11)12)6-7-4-2-1-3-5-7/h15-17H,4-14H2,1-3H3;1-5,8H,6,10H2,(H,11,12). The molecule has 3 N–H and O–H groups in total. The lowest BCUT2D eigenvalue weighted by Crippen LogP contribution is -2.34. The molecule has 2 unspecified atom stereocenters. The normalized spacial score (nSPS) is 16.2. The van der Waals surface area contributed by atoms with Crippen LogP contribution in [0.25, 0.3) is 0 Å². The number of aliphatic carboxylic acids is 1. The van der Waals surface area contributed by atoms with E-state index in [9.17, 15) is 4.79 Å². The van der Waals surface area contributed by atoms with Gasteiger partial charge in [-0.25, -0.2) is 0 Å². The largest absolute Gasteiger partial charge is 0.480 e. The Morgan fingerprint density at radius 2 is 1.52 bits per heavy atom. The molecule has 0 aliphatic carbocycles. The molecule has 1 heterocycles. The van der Waals surface area contributed by atoms with E-state index in [0.717, 1.165) is 5.56 Å². The Hall–Kier alpha value is -2.01. The van der Waals surface area contributed by atoms with E-state index in [4.69, 9.17) is 10.8 Å². The maximum atomic E-state index is 10.4. The van der Waals surface area contributed by atoms with Crippen LogP contribution in [0.5, 0.6) is 0 Å². The van der Waals surface area contributed by atoms with Gasteiger partial charge in [-0.05, 0) is 25.3 Å². The van der Waals surface area contributed by atoms with Crippen molar-refractivity contribution in [2.24, 2.45) is 5.73 Å². The van der Waals surface area contributed by atoms with Crippen molar-refractivity contribution in [2.75, 3.05) is 13.6 Å². The molecule has 0 aromatic heterocycles. The number of carbonyl (C=O) groups is 1. The highest BCUT2D eigenvalue weighted by Gasteiger charge is 2.17. The monoisotopic (exact) mass is 431 g/mol. The Morgan fingerprint density at radius 1 is 0.968 bits per heavy atom. The smallest absolute Gasteiger partial charge is 0.320 e. The molecule has 176 valence electrons. The van der Waals surface area contributed by atoms with Crippen molar-refractivity contribution in [1.82, 2.24) is 9.80 Å². The van der Waals surface area contributed by atoms with Gasteiger partial charge in [-0.2, -0.15) is 0 Å². The van der Waals surface area contributed by atoms with Gasteiger partial charge in [-0.15, -0.1) is 0 Å². The van der Waals surface area contributed by atoms with E-state index >= 15 is 0 Å². The highest BCUT2D eigenvalue weighted by atomic mass is 16.4. The Morgan fingerprint density at radius 3 is 2.00 bits per heavy atom. The van der Waals surface area contributed by atoms with Crippen LogP contribution in [0.3, 0.4) is 0 Å². The first kappa shape index (κ1) is 27.0. The second-order valence-electron chi connectivity index (χ2n) is 8.65. The number of carboxylic acid groups (broad SMARTS) is 1. The van der Waals surface area contributed by atoms with E-state index in [2.05, 4.69) is 43.1 Å². The van der Waals surface area contributed by atoms with Gasteiger partial charge in [0.2, 0.25) is 0 Å². The molecule has 0 spiro atoms. The maximum absolute atomic E-state index is 10.4. The lowest BCUT2D eigenvalue weighted by Gasteiger charge is -2.26. The highest BCUT2D eigenvalue weighted by molar-refractivity contribution is 5.73. The number of benzene rings is 1. The van der Waals surface area contributed by atoms with E-state index in [0.29, 0.717) is 12.6 Å². The van der Waals surface area contributed by atoms with Crippen molar-refractivity contribution in [3.63, 3.8) is 0 Å². The molecule has 0 bridgehead atoms. The van der Waals surface area contributed by atoms with Crippen LogP contribution in [-0.2, 0) is 11.2 Å². The number of hydrogen-bond donors (Lipinski definition) is 2. The third kappa shape index (κ3) is 12.4. The number of nitrogens with two attached hydrogens (primary N) is 1. The van der Waals surface area contributed by atoms with Crippen molar-refractivity contribution >= 4 is 5.97 Å². The summed E-state index contributed by atoms with van der Waals surface area (Å²) in [6, 6.07) is 8.54. The lowest BCUT2D eigenvalue weighted by molar-refractivity contribution is -0.138. The highest BCUT2D eigenvalue weighted by Crippen LogP contribution is 2.15. The molecule has 0 fully saturated rings. The Kier molecular flexibility index (Phi) is 14.5. The van der Waals surface area contributed by atoms with E-state index in [1.807, 2.05) is 30.3 Å². The van der Waals surface area contributed by atoms with Crippen molar-refractivity contribution in [3.05, 3.63) is 48.3 Å². The minimum Gasteiger partial charge on any atom is -0.480 e. The molecule has 5 nitrogen and oxygen atoms in total. The number of nitrogens with zero attached hydrogens (tertiary/aromatic N) is 2. The molecule has 31 heavy (non-hydrogen) atoms. The van der Waals surface area contributed by atoms with Crippen LogP contribution in [0.2, 0.25) is 0 Å². The van der Waals surface area contributed by atoms with Gasteiger partial charge in [-0.1, -0.05) is 95.0 Å². The first-order valence-corrected chi connectivity index (χ1v) is 12.1. The lowest BCUT2D eigenvalue weighted by atomic mass is 10.1. The summed E-state index contributed by atoms with van der Waals surface area (Å²) in [6.45, 7) is 5.78. The first-order valence-electron chi connectivity index (χ1n) is 12.1. The van der Waals surface area contributed by atoms with Crippen molar-refractivity contribution in [1.29, 1.82) is 0 Å². The summed E-state index contributed by atoms with van der Waals surface area (Å²) in [7, 11) is 2.15. The summed E-state index contributed by atoms with van der Waals surface area (Å²) in [4.78, 5) is 15.1. The molecule has 1 aromatic carbocycles. The molecule has 1 aliphatic heterocycles. The van der Waals surface area contributed by atoms with Gasteiger partial charge in [0, 0.05) is 26.0 Å². The van der Waals surface area contributed by atoms with E-state index in [1.165, 1.54) is 70.8 Å². The summed E-state index contributed by atoms with van der Waals surface area (Å²) < 4.78 is 0. The van der Waals surface area contributed by atoms with Gasteiger partial charge in [-0.3, -0.25) is 4.79 Å². The minimum atomic E-state index is -0.959. The van der Waals surface area contributed by atoms with E-state index in [-0.39, 0.29) is 0 Å². The number of carboxylic acids is 1. The van der Waals surface area contributed by atoms with Gasteiger partial charge in [0.25, 0.3) is 0 Å². The van der Waals surface area contributed by atoms with Gasteiger partial charge >= 0.3 is 5.97 Å². The third-order valence-corrected chi connectivity index (χ3v) is 5.95. The third-order valence-electron chi connectivity index (χ3n) is 5.95. The van der Waals surface area contributed by atoms with Gasteiger partial charge in [0.15, 0.2) is 0 Å². The molecule has 1 aromatic rings. The predicted molar refractivity (Wildman–Crippen MR) is 131 cm³/mol. The zero-order valence-electron chi connectivity index (χ0n) is 20.0. The van der Waals surface area contributed by atoms with Crippen LogP contribution in [0.1, 0.15) is 83.6 Å². The molecule has 1 aliphatic rings. The average Bonchev–Trinajstić information content (AvgIpc) is 3.08. The zero-order chi connectivity index (χ0) is 22.9. The molecule has 5 heteroatoms. The van der Waals surface area contributed by atoms with Gasteiger partial charge < -0.3 is 20.6 Å². The van der Waals surface area contributed by atoms with Crippen molar-refractivity contribution in [3.8, 4) is 0 Å². The number of unbranched alkanes of at least 4 members (excludes halogenated alkanes) is 9. The predicted octanol–water partition coefficient (Wildman–Crippen LogP) is 5.61. The molecular formula is C26H45N3O2. The van der Waals surface area contributed by atoms with Crippen LogP contribution in [0.15, 0.2) is 42.7 Å². The molecule has 0 amide bonds. The fraction of sp³-hybridized carbons (Fsp3) is 0.654. The SMILES string of the molecule is CCCCCCCCCCCCN1C=CN(C)C1C.NC(Cc1ccccc1)C(=O)O. The molecule has 0 radical (unpaired) electrons. The maximum Gasteiger partial charge on any atom is 0.320 e. The van der Waals surface area contributed by atoms with Crippen LogP contribution >= 0.6 is 0 Å². The van der Waals surface area contributed by atoms with Crippen LogP contribution in [0, 0.1) is 0 Å². The Balaban J connectivity index is 0.000000343. The van der Waals surface area contributed by atoms with Crippen LogP contribution < -0.4 is 5.73 Å². The summed E-state index contributed by atoms with van der Waals surface area (Å²) >= 11 is 0. The van der Waals surface area contributed by atoms with Crippen molar-refractivity contribution in [2.45, 2.75) is 96.7 Å². The molecule has 0 saturated carbocycles. The molecular weight excluding hydrogens is 386 g/mol. The zero-order valence-corrected chi connectivity index (χ0v) is 20.0. The first-order chi connectivity index (χ1) is 15.0. The summed E-state index contributed by atoms with van der Waals surface area (Å²) in [5.41, 5.74) is 6.30. The Bertz CT molecular complexity index is 606. The topological polar surface area (TPSA) is 69.8 Å². The van der Waals surface area contributed by atoms with Crippen molar-refractivity contribution < 1.29 is 9.90 Å². The number of hydrogen-bond acceptors (Lipinski definition) is 4. The second-order valence-corrected chi connectivity index (χ2v) is 8.65. The summed E-state index contributed by atoms with van der Waals surface area (Å²) in [5, 5.41) is 8.52. The fourth-order valence-electron chi connectivity index (χ4n) is 3.67. The number of rotatable bonds is 14. The molecule has 2 atom stereocenters. The van der Waals surface area contributed by atoms with Crippen LogP contribution in [0.4, 0.5) is 0 Å². The van der Waals surface area contributed by atoms with E-state index < -0.39 is 12.0 Å². The van der Waals surface area contributed by atoms with Gasteiger partial charge in [0.1, 0.15) is 6.04 Å². The summed E-state index contributed by atoms with van der Waals surface area (Å²) in [6.07, 6.45) is 19.6. The quantitative estimate of drug-likeness (QED) is 0.375. The Labute approximate surface area is 190 Å². The average molecular weight is 432 g/mol. The van der Waals surface area contributed by atoms with Gasteiger partial charge in [0.05, 0.1) is 6.17 Å². The molecule has 0 saturated heterocycles. The molecule has 2 rings (SSSR count). The van der Waals surface area contributed by atoms with E-state index in [1.54, 1.807) is 0 Å². The second kappa shape index (κ2) is 16.7. The fourth-order valence-corrected chi connectivity index (χ4v) is 3.67. The minimum absolute atomic E-state index is 0.385. The van der Waals surface area contributed by atoms with Crippen LogP contribution in [-0.4, -0.2) is 46.7 Å². The summed E-state index contributed by atoms with van der Waals surface area (Å²) in [5.74, 6) is -0.959.